The van der Waals surface area contributed by atoms with Crippen molar-refractivity contribution in [3.05, 3.63) is 56.0 Å². The number of hydrogen-bond acceptors (Lipinski definition) is 6. The van der Waals surface area contributed by atoms with Crippen LogP contribution in [0.15, 0.2) is 30.3 Å². The lowest BCUT2D eigenvalue weighted by Crippen LogP contribution is -2.12. The van der Waals surface area contributed by atoms with E-state index in [9.17, 15) is 14.9 Å². The molecule has 140 valence electrons. The van der Waals surface area contributed by atoms with E-state index in [-0.39, 0.29) is 16.4 Å². The van der Waals surface area contributed by atoms with E-state index < -0.39 is 10.8 Å². The number of benzene rings is 1. The van der Waals surface area contributed by atoms with E-state index >= 15 is 0 Å². The van der Waals surface area contributed by atoms with E-state index in [1.807, 2.05) is 12.1 Å². The molecule has 0 aliphatic carbocycles. The molecule has 0 spiro atoms. The zero-order valence-electron chi connectivity index (χ0n) is 14.7. The van der Waals surface area contributed by atoms with Crippen molar-refractivity contribution in [2.75, 3.05) is 11.1 Å². The largest absolute Gasteiger partial charge is 0.397 e. The minimum atomic E-state index is -0.556. The summed E-state index contributed by atoms with van der Waals surface area (Å²) in [4.78, 5) is 28.6. The average molecular weight is 405 g/mol. The maximum atomic E-state index is 12.7. The molecular formula is C18H17ClN4O3S. The van der Waals surface area contributed by atoms with Gasteiger partial charge in [0.05, 0.1) is 21.3 Å². The molecule has 0 aliphatic heterocycles. The van der Waals surface area contributed by atoms with Crippen LogP contribution in [0.3, 0.4) is 0 Å². The number of nitrogens with zero attached hydrogens (tertiary/aromatic N) is 2. The number of anilines is 2. The molecular weight excluding hydrogens is 388 g/mol. The van der Waals surface area contributed by atoms with Crippen LogP contribution in [-0.2, 0) is 6.42 Å². The van der Waals surface area contributed by atoms with Crippen LogP contribution in [0.5, 0.6) is 0 Å². The Balaban J connectivity index is 1.93. The fourth-order valence-corrected chi connectivity index (χ4v) is 3.81. The van der Waals surface area contributed by atoms with Gasteiger partial charge in [0.2, 0.25) is 0 Å². The predicted molar refractivity (Wildman–Crippen MR) is 109 cm³/mol. The normalized spacial score (nSPS) is 11.1. The Bertz CT molecular complexity index is 1050. The van der Waals surface area contributed by atoms with E-state index in [0.29, 0.717) is 26.7 Å². The molecule has 0 saturated carbocycles. The van der Waals surface area contributed by atoms with Gasteiger partial charge in [0, 0.05) is 23.2 Å². The lowest BCUT2D eigenvalue weighted by Gasteiger charge is -2.06. The molecule has 7 nitrogen and oxygen atoms in total. The van der Waals surface area contributed by atoms with E-state index in [1.165, 1.54) is 29.5 Å². The zero-order valence-corrected chi connectivity index (χ0v) is 16.2. The monoisotopic (exact) mass is 404 g/mol. The molecule has 0 bridgehead atoms. The van der Waals surface area contributed by atoms with Gasteiger partial charge in [-0.15, -0.1) is 11.3 Å². The number of rotatable bonds is 5. The number of carbonyl (C=O) groups is 1. The van der Waals surface area contributed by atoms with Gasteiger partial charge in [-0.3, -0.25) is 14.9 Å². The van der Waals surface area contributed by atoms with Crippen LogP contribution in [0.25, 0.3) is 10.2 Å². The van der Waals surface area contributed by atoms with Gasteiger partial charge in [-0.1, -0.05) is 25.4 Å². The summed E-state index contributed by atoms with van der Waals surface area (Å²) in [6.45, 7) is 4.21. The molecule has 1 amide bonds. The maximum Gasteiger partial charge on any atom is 0.271 e. The Morgan fingerprint density at radius 3 is 2.78 bits per heavy atom. The number of aromatic nitrogens is 1. The zero-order chi connectivity index (χ0) is 19.7. The van der Waals surface area contributed by atoms with Crippen molar-refractivity contribution in [1.29, 1.82) is 0 Å². The number of nitrogens with two attached hydrogens (primary N) is 1. The molecule has 9 heteroatoms. The lowest BCUT2D eigenvalue weighted by atomic mass is 10.1. The summed E-state index contributed by atoms with van der Waals surface area (Å²) in [5.41, 5.74) is 7.38. The second-order valence-electron chi connectivity index (χ2n) is 6.47. The van der Waals surface area contributed by atoms with Gasteiger partial charge in [-0.25, -0.2) is 4.98 Å². The fourth-order valence-electron chi connectivity index (χ4n) is 2.64. The third-order valence-electron chi connectivity index (χ3n) is 3.88. The average Bonchev–Trinajstić information content (AvgIpc) is 2.92. The smallest absolute Gasteiger partial charge is 0.271 e. The van der Waals surface area contributed by atoms with E-state index in [4.69, 9.17) is 17.3 Å². The first-order chi connectivity index (χ1) is 12.8. The number of non-ortho nitro benzene ring substituents is 1. The summed E-state index contributed by atoms with van der Waals surface area (Å²) in [7, 11) is 0. The third kappa shape index (κ3) is 4.01. The van der Waals surface area contributed by atoms with Crippen molar-refractivity contribution in [1.82, 2.24) is 4.98 Å². The molecule has 1 aromatic carbocycles. The van der Waals surface area contributed by atoms with Crippen molar-refractivity contribution >= 4 is 56.1 Å². The molecule has 2 heterocycles. The second-order valence-corrected chi connectivity index (χ2v) is 7.88. The number of nitro groups is 1. The highest BCUT2D eigenvalue weighted by Crippen LogP contribution is 2.34. The van der Waals surface area contributed by atoms with E-state index in [1.54, 1.807) is 0 Å². The van der Waals surface area contributed by atoms with Gasteiger partial charge in [-0.05, 0) is 30.5 Å². The van der Waals surface area contributed by atoms with Crippen LogP contribution in [-0.4, -0.2) is 15.8 Å². The summed E-state index contributed by atoms with van der Waals surface area (Å²) in [6.07, 6.45) is 0.832. The highest BCUT2D eigenvalue weighted by molar-refractivity contribution is 7.21. The number of halogens is 1. The van der Waals surface area contributed by atoms with E-state index in [2.05, 4.69) is 24.1 Å². The molecule has 0 radical (unpaired) electrons. The minimum Gasteiger partial charge on any atom is -0.397 e. The van der Waals surface area contributed by atoms with Gasteiger partial charge in [0.1, 0.15) is 9.71 Å². The second kappa shape index (κ2) is 7.50. The summed E-state index contributed by atoms with van der Waals surface area (Å²) in [6, 6.07) is 7.62. The molecule has 0 unspecified atom stereocenters. The first kappa shape index (κ1) is 19.1. The van der Waals surface area contributed by atoms with Crippen LogP contribution in [0.2, 0.25) is 5.02 Å². The van der Waals surface area contributed by atoms with Gasteiger partial charge in [-0.2, -0.15) is 0 Å². The molecule has 27 heavy (non-hydrogen) atoms. The van der Waals surface area contributed by atoms with Crippen LogP contribution in [0, 0.1) is 16.0 Å². The minimum absolute atomic E-state index is 0.154. The molecule has 0 fully saturated rings. The third-order valence-corrected chi connectivity index (χ3v) is 5.33. The Hall–Kier alpha value is -2.71. The Morgan fingerprint density at radius 2 is 2.11 bits per heavy atom. The predicted octanol–water partition coefficient (Wildman–Crippen LogP) is 4.89. The molecule has 0 aliphatic rings. The van der Waals surface area contributed by atoms with Crippen LogP contribution < -0.4 is 11.1 Å². The van der Waals surface area contributed by atoms with Gasteiger partial charge < -0.3 is 11.1 Å². The fraction of sp³-hybridized carbons (Fsp3) is 0.222. The topological polar surface area (TPSA) is 111 Å². The highest BCUT2D eigenvalue weighted by Gasteiger charge is 2.20. The molecule has 3 rings (SSSR count). The Kier molecular flexibility index (Phi) is 5.29. The standard InChI is InChI=1S/C18H17ClN4O3S/c1-9(2)7-10-3-5-12-15(20)16(27-18(12)21-10)17(24)22-14-8-11(23(25)26)4-6-13(14)19/h3-6,8-9H,7,20H2,1-2H3,(H,22,24). The van der Waals surface area contributed by atoms with Gasteiger partial charge in [0.25, 0.3) is 11.6 Å². The van der Waals surface area contributed by atoms with Crippen molar-refractivity contribution in [2.24, 2.45) is 5.92 Å². The van der Waals surface area contributed by atoms with Crippen LogP contribution >= 0.6 is 22.9 Å². The van der Waals surface area contributed by atoms with Crippen LogP contribution in [0.4, 0.5) is 17.1 Å². The molecule has 3 aromatic rings. The molecule has 3 N–H and O–H groups in total. The van der Waals surface area contributed by atoms with Crippen molar-refractivity contribution in [3.8, 4) is 0 Å². The number of carbonyl (C=O) groups excluding carboxylic acids is 1. The Morgan fingerprint density at radius 1 is 1.37 bits per heavy atom. The number of nitrogen functional groups attached to an aromatic ring is 1. The number of amides is 1. The molecule has 2 aromatic heterocycles. The van der Waals surface area contributed by atoms with Gasteiger partial charge in [0.15, 0.2) is 0 Å². The van der Waals surface area contributed by atoms with Crippen molar-refractivity contribution in [3.63, 3.8) is 0 Å². The number of pyridine rings is 1. The summed E-state index contributed by atoms with van der Waals surface area (Å²) >= 11 is 7.23. The first-order valence-corrected chi connectivity index (χ1v) is 9.39. The SMILES string of the molecule is CC(C)Cc1ccc2c(N)c(C(=O)Nc3cc([N+](=O)[O-])ccc3Cl)sc2n1. The molecule has 0 saturated heterocycles. The highest BCUT2D eigenvalue weighted by atomic mass is 35.5. The van der Waals surface area contributed by atoms with Crippen molar-refractivity contribution < 1.29 is 9.72 Å². The van der Waals surface area contributed by atoms with Crippen molar-refractivity contribution in [2.45, 2.75) is 20.3 Å². The number of hydrogen-bond donors (Lipinski definition) is 2. The van der Waals surface area contributed by atoms with Gasteiger partial charge >= 0.3 is 0 Å². The summed E-state index contributed by atoms with van der Waals surface area (Å²) < 4.78 is 0. The lowest BCUT2D eigenvalue weighted by molar-refractivity contribution is -0.384. The first-order valence-electron chi connectivity index (χ1n) is 8.19. The summed E-state index contributed by atoms with van der Waals surface area (Å²) in [5, 5.41) is 14.4. The number of nitro benzene ring substituents is 1. The Labute approximate surface area is 164 Å². The number of nitrogens with one attached hydrogen (secondary N) is 1. The number of thiophene rings is 1. The molecule has 0 atom stereocenters. The summed E-state index contributed by atoms with van der Waals surface area (Å²) in [5.74, 6) is -0.0191. The number of fused-ring (bicyclic) bond motifs is 1. The maximum absolute atomic E-state index is 12.7. The van der Waals surface area contributed by atoms with E-state index in [0.717, 1.165) is 12.1 Å². The quantitative estimate of drug-likeness (QED) is 0.464. The van der Waals surface area contributed by atoms with Crippen LogP contribution in [0.1, 0.15) is 29.2 Å².